The summed E-state index contributed by atoms with van der Waals surface area (Å²) in [5.74, 6) is -0.00156. The first-order chi connectivity index (χ1) is 12.1. The van der Waals surface area contributed by atoms with Crippen LogP contribution in [-0.2, 0) is 9.53 Å². The van der Waals surface area contributed by atoms with Gasteiger partial charge in [-0.3, -0.25) is 9.69 Å². The van der Waals surface area contributed by atoms with Gasteiger partial charge in [0.15, 0.2) is 0 Å². The molecule has 0 aromatic heterocycles. The minimum atomic E-state index is -0.00156. The van der Waals surface area contributed by atoms with Crippen LogP contribution >= 0.6 is 24.0 Å². The number of thioether (sulfide) groups is 1. The van der Waals surface area contributed by atoms with E-state index < -0.39 is 0 Å². The Hall–Kier alpha value is -1.37. The molecule has 25 heavy (non-hydrogen) atoms. The number of hydrogen-bond acceptors (Lipinski definition) is 5. The molecule has 2 aliphatic rings. The predicted molar refractivity (Wildman–Crippen MR) is 109 cm³/mol. The van der Waals surface area contributed by atoms with Gasteiger partial charge in [0.25, 0.3) is 5.91 Å². The van der Waals surface area contributed by atoms with Crippen molar-refractivity contribution in [1.82, 2.24) is 4.90 Å². The normalized spacial score (nSPS) is 22.2. The summed E-state index contributed by atoms with van der Waals surface area (Å²) in [6.45, 7) is 7.63. The summed E-state index contributed by atoms with van der Waals surface area (Å²) < 4.78 is 6.27. The lowest BCUT2D eigenvalue weighted by Crippen LogP contribution is -2.35. The molecule has 1 aromatic rings. The standard InChI is InChI=1S/C19H24N2O2S2/c1-3-20(4-2)15-9-7-14(8-10-15)12-17-18(22)21(19(24)25-17)13-16-6-5-11-23-16/h7-10,12,16H,3-6,11,13H2,1-2H3/b17-12-/t16-/m0/s1. The van der Waals surface area contributed by atoms with Crippen LogP contribution in [0.5, 0.6) is 0 Å². The van der Waals surface area contributed by atoms with Crippen LogP contribution in [0.15, 0.2) is 29.2 Å². The Morgan fingerprint density at radius 2 is 2.04 bits per heavy atom. The van der Waals surface area contributed by atoms with E-state index >= 15 is 0 Å². The van der Waals surface area contributed by atoms with E-state index in [1.807, 2.05) is 6.08 Å². The van der Waals surface area contributed by atoms with E-state index in [9.17, 15) is 4.79 Å². The monoisotopic (exact) mass is 376 g/mol. The molecule has 134 valence electrons. The molecule has 2 aliphatic heterocycles. The van der Waals surface area contributed by atoms with Crippen molar-refractivity contribution in [3.8, 4) is 0 Å². The van der Waals surface area contributed by atoms with E-state index in [2.05, 4.69) is 43.0 Å². The lowest BCUT2D eigenvalue weighted by Gasteiger charge is -2.20. The molecule has 0 unspecified atom stereocenters. The Morgan fingerprint density at radius 3 is 2.64 bits per heavy atom. The summed E-state index contributed by atoms with van der Waals surface area (Å²) >= 11 is 6.78. The van der Waals surface area contributed by atoms with Gasteiger partial charge in [0.05, 0.1) is 17.6 Å². The third kappa shape index (κ3) is 4.25. The smallest absolute Gasteiger partial charge is 0.266 e. The van der Waals surface area contributed by atoms with Gasteiger partial charge >= 0.3 is 0 Å². The molecular formula is C19H24N2O2S2. The van der Waals surface area contributed by atoms with E-state index in [0.717, 1.165) is 38.1 Å². The van der Waals surface area contributed by atoms with E-state index in [1.54, 1.807) is 4.90 Å². The fraction of sp³-hybridized carbons (Fsp3) is 0.474. The van der Waals surface area contributed by atoms with Gasteiger partial charge in [-0.1, -0.05) is 36.1 Å². The molecular weight excluding hydrogens is 352 g/mol. The van der Waals surface area contributed by atoms with Gasteiger partial charge in [0.2, 0.25) is 0 Å². The Morgan fingerprint density at radius 1 is 1.32 bits per heavy atom. The van der Waals surface area contributed by atoms with Crippen molar-refractivity contribution < 1.29 is 9.53 Å². The van der Waals surface area contributed by atoms with E-state index in [1.165, 1.54) is 17.4 Å². The van der Waals surface area contributed by atoms with Crippen molar-refractivity contribution in [2.75, 3.05) is 31.1 Å². The topological polar surface area (TPSA) is 32.8 Å². The number of rotatable bonds is 6. The number of amides is 1. The molecule has 0 spiro atoms. The van der Waals surface area contributed by atoms with Gasteiger partial charge in [-0.15, -0.1) is 0 Å². The summed E-state index contributed by atoms with van der Waals surface area (Å²) in [5, 5.41) is 0. The van der Waals surface area contributed by atoms with Crippen molar-refractivity contribution in [3.05, 3.63) is 34.7 Å². The Bertz CT molecular complexity index is 663. The molecule has 6 heteroatoms. The number of ether oxygens (including phenoxy) is 1. The average Bonchev–Trinajstić information content (AvgIpc) is 3.22. The van der Waals surface area contributed by atoms with Crippen LogP contribution in [0.2, 0.25) is 0 Å². The molecule has 0 radical (unpaired) electrons. The van der Waals surface area contributed by atoms with Gasteiger partial charge in [-0.2, -0.15) is 0 Å². The Kier molecular flexibility index (Phi) is 6.15. The van der Waals surface area contributed by atoms with Crippen LogP contribution in [0, 0.1) is 0 Å². The third-order valence-corrected chi connectivity index (χ3v) is 5.98. The lowest BCUT2D eigenvalue weighted by molar-refractivity contribution is -0.123. The number of anilines is 1. The van der Waals surface area contributed by atoms with Crippen molar-refractivity contribution in [3.63, 3.8) is 0 Å². The highest BCUT2D eigenvalue weighted by Crippen LogP contribution is 2.33. The first-order valence-electron chi connectivity index (χ1n) is 8.84. The molecule has 2 saturated heterocycles. The predicted octanol–water partition coefficient (Wildman–Crippen LogP) is 3.91. The number of carbonyl (C=O) groups excluding carboxylic acids is 1. The Labute approximate surface area is 159 Å². The molecule has 1 amide bonds. The zero-order valence-electron chi connectivity index (χ0n) is 14.7. The van der Waals surface area contributed by atoms with Crippen molar-refractivity contribution in [2.45, 2.75) is 32.8 Å². The molecule has 0 N–H and O–H groups in total. The average molecular weight is 377 g/mol. The minimum Gasteiger partial charge on any atom is -0.376 e. The van der Waals surface area contributed by atoms with Crippen molar-refractivity contribution >= 4 is 46.0 Å². The second kappa shape index (κ2) is 8.34. The molecule has 0 aliphatic carbocycles. The number of nitrogens with zero attached hydrogens (tertiary/aromatic N) is 2. The molecule has 1 atom stereocenters. The highest BCUT2D eigenvalue weighted by molar-refractivity contribution is 8.26. The van der Waals surface area contributed by atoms with Crippen LogP contribution in [0.1, 0.15) is 32.3 Å². The number of thiocarbonyl (C=S) groups is 1. The summed E-state index contributed by atoms with van der Waals surface area (Å²) in [6, 6.07) is 8.32. The molecule has 1 aromatic carbocycles. The number of hydrogen-bond donors (Lipinski definition) is 0. The van der Waals surface area contributed by atoms with E-state index in [4.69, 9.17) is 17.0 Å². The van der Waals surface area contributed by atoms with Crippen LogP contribution in [-0.4, -0.2) is 47.5 Å². The summed E-state index contributed by atoms with van der Waals surface area (Å²) in [4.78, 5) is 17.3. The minimum absolute atomic E-state index is 0.00156. The first-order valence-corrected chi connectivity index (χ1v) is 10.1. The highest BCUT2D eigenvalue weighted by atomic mass is 32.2. The molecule has 0 saturated carbocycles. The van der Waals surface area contributed by atoms with E-state index in [-0.39, 0.29) is 12.0 Å². The van der Waals surface area contributed by atoms with Gasteiger partial charge in [-0.05, 0) is 50.5 Å². The quantitative estimate of drug-likeness (QED) is 0.555. The molecule has 0 bridgehead atoms. The maximum Gasteiger partial charge on any atom is 0.266 e. The second-order valence-corrected chi connectivity index (χ2v) is 7.87. The molecule has 4 nitrogen and oxygen atoms in total. The fourth-order valence-corrected chi connectivity index (χ4v) is 4.45. The van der Waals surface area contributed by atoms with Crippen LogP contribution in [0.4, 0.5) is 5.69 Å². The largest absolute Gasteiger partial charge is 0.376 e. The first kappa shape index (κ1) is 18.4. The Balaban J connectivity index is 1.70. The maximum absolute atomic E-state index is 12.7. The van der Waals surface area contributed by atoms with Gasteiger partial charge in [0.1, 0.15) is 4.32 Å². The summed E-state index contributed by atoms with van der Waals surface area (Å²) in [6.07, 6.45) is 4.12. The van der Waals surface area contributed by atoms with Gasteiger partial charge in [-0.25, -0.2) is 0 Å². The maximum atomic E-state index is 12.7. The molecule has 2 fully saturated rings. The second-order valence-electron chi connectivity index (χ2n) is 6.19. The third-order valence-electron chi connectivity index (χ3n) is 4.60. The SMILES string of the molecule is CCN(CC)c1ccc(/C=C2\SC(=S)N(C[C@@H]3CCCO3)C2=O)cc1. The molecule has 2 heterocycles. The van der Waals surface area contributed by atoms with E-state index in [0.29, 0.717) is 15.8 Å². The number of carbonyl (C=O) groups is 1. The zero-order valence-corrected chi connectivity index (χ0v) is 16.4. The highest BCUT2D eigenvalue weighted by Gasteiger charge is 2.34. The lowest BCUT2D eigenvalue weighted by atomic mass is 10.1. The van der Waals surface area contributed by atoms with Crippen molar-refractivity contribution in [2.24, 2.45) is 0 Å². The van der Waals surface area contributed by atoms with Crippen molar-refractivity contribution in [1.29, 1.82) is 0 Å². The van der Waals surface area contributed by atoms with Gasteiger partial charge in [0, 0.05) is 25.4 Å². The van der Waals surface area contributed by atoms with Gasteiger partial charge < -0.3 is 9.64 Å². The number of benzene rings is 1. The molecule has 3 rings (SSSR count). The van der Waals surface area contributed by atoms with Crippen LogP contribution < -0.4 is 4.90 Å². The summed E-state index contributed by atoms with van der Waals surface area (Å²) in [5.41, 5.74) is 2.22. The summed E-state index contributed by atoms with van der Waals surface area (Å²) in [7, 11) is 0. The van der Waals surface area contributed by atoms with Crippen LogP contribution in [0.3, 0.4) is 0 Å². The zero-order chi connectivity index (χ0) is 17.8. The fourth-order valence-electron chi connectivity index (χ4n) is 3.17. The van der Waals surface area contributed by atoms with Crippen LogP contribution in [0.25, 0.3) is 6.08 Å².